The zero-order chi connectivity index (χ0) is 15.0. The lowest BCUT2D eigenvalue weighted by Crippen LogP contribution is -2.53. The molecular formula is C13H26N4O3. The first-order valence-corrected chi connectivity index (χ1v) is 7.09. The first-order chi connectivity index (χ1) is 9.54. The molecule has 0 bridgehead atoms. The van der Waals surface area contributed by atoms with E-state index in [9.17, 15) is 9.59 Å². The normalized spacial score (nSPS) is 16.5. The maximum absolute atomic E-state index is 11.9. The quantitative estimate of drug-likeness (QED) is 0.445. The van der Waals surface area contributed by atoms with E-state index in [2.05, 4.69) is 10.2 Å². The summed E-state index contributed by atoms with van der Waals surface area (Å²) in [6.45, 7) is 4.66. The summed E-state index contributed by atoms with van der Waals surface area (Å²) in [7, 11) is 3.94. The van der Waals surface area contributed by atoms with Gasteiger partial charge < -0.3 is 20.2 Å². The molecule has 1 fully saturated rings. The zero-order valence-corrected chi connectivity index (χ0v) is 12.5. The lowest BCUT2D eigenvalue weighted by atomic mass is 10.3. The zero-order valence-electron chi connectivity index (χ0n) is 12.5. The van der Waals surface area contributed by atoms with Gasteiger partial charge in [-0.1, -0.05) is 0 Å². The van der Waals surface area contributed by atoms with E-state index in [0.29, 0.717) is 39.3 Å². The summed E-state index contributed by atoms with van der Waals surface area (Å²) in [5.41, 5.74) is 0. The Bertz CT molecular complexity index is 315. The molecule has 1 saturated heterocycles. The van der Waals surface area contributed by atoms with Crippen LogP contribution in [0.1, 0.15) is 6.42 Å². The van der Waals surface area contributed by atoms with Crippen molar-refractivity contribution in [2.24, 2.45) is 0 Å². The molecule has 1 heterocycles. The van der Waals surface area contributed by atoms with Crippen molar-refractivity contribution >= 4 is 11.8 Å². The molecule has 7 nitrogen and oxygen atoms in total. The number of nitrogens with one attached hydrogen (secondary N) is 1. The minimum absolute atomic E-state index is 0.125. The third-order valence-electron chi connectivity index (χ3n) is 3.34. The van der Waals surface area contributed by atoms with E-state index in [1.54, 1.807) is 4.90 Å². The summed E-state index contributed by atoms with van der Waals surface area (Å²) >= 11 is 0. The standard InChI is InChI=1S/C13H26N4O3/c1-15(2)5-3-4-14-12(19)13(20)17-8-6-16(7-9-17)10-11-18/h18H,3-11H2,1-2H3,(H,14,19). The van der Waals surface area contributed by atoms with Crippen LogP contribution in [-0.2, 0) is 9.59 Å². The van der Waals surface area contributed by atoms with Gasteiger partial charge in [-0.2, -0.15) is 0 Å². The Hall–Kier alpha value is -1.18. The summed E-state index contributed by atoms with van der Waals surface area (Å²) in [6.07, 6.45) is 0.830. The smallest absolute Gasteiger partial charge is 0.311 e. The molecule has 0 aromatic carbocycles. The second-order valence-electron chi connectivity index (χ2n) is 5.27. The van der Waals surface area contributed by atoms with Gasteiger partial charge in [0, 0.05) is 39.3 Å². The minimum Gasteiger partial charge on any atom is -0.395 e. The number of piperazine rings is 1. The van der Waals surface area contributed by atoms with Crippen molar-refractivity contribution in [2.75, 3.05) is 66.5 Å². The molecule has 7 heteroatoms. The lowest BCUT2D eigenvalue weighted by Gasteiger charge is -2.33. The van der Waals surface area contributed by atoms with Crippen molar-refractivity contribution < 1.29 is 14.7 Å². The predicted molar refractivity (Wildman–Crippen MR) is 76.3 cm³/mol. The number of carbonyl (C=O) groups excluding carboxylic acids is 2. The fourth-order valence-corrected chi connectivity index (χ4v) is 2.13. The molecule has 0 spiro atoms. The molecule has 2 amide bonds. The minimum atomic E-state index is -0.514. The van der Waals surface area contributed by atoms with Gasteiger partial charge in [0.15, 0.2) is 0 Å². The Morgan fingerprint density at radius 2 is 1.85 bits per heavy atom. The average molecular weight is 286 g/mol. The fraction of sp³-hybridized carbons (Fsp3) is 0.846. The van der Waals surface area contributed by atoms with Gasteiger partial charge in [0.05, 0.1) is 6.61 Å². The number of hydrogen-bond acceptors (Lipinski definition) is 5. The number of nitrogens with zero attached hydrogens (tertiary/aromatic N) is 3. The van der Waals surface area contributed by atoms with Gasteiger partial charge in [0.25, 0.3) is 0 Å². The van der Waals surface area contributed by atoms with Gasteiger partial charge in [-0.3, -0.25) is 14.5 Å². The molecule has 0 aliphatic carbocycles. The maximum atomic E-state index is 11.9. The first-order valence-electron chi connectivity index (χ1n) is 7.09. The number of hydrogen-bond donors (Lipinski definition) is 2. The Kier molecular flexibility index (Phi) is 7.50. The molecular weight excluding hydrogens is 260 g/mol. The number of rotatable bonds is 6. The average Bonchev–Trinajstić information content (AvgIpc) is 2.43. The second-order valence-corrected chi connectivity index (χ2v) is 5.27. The molecule has 20 heavy (non-hydrogen) atoms. The SMILES string of the molecule is CN(C)CCCNC(=O)C(=O)N1CCN(CCO)CC1. The number of amides is 2. The molecule has 0 unspecified atom stereocenters. The van der Waals surface area contributed by atoms with E-state index in [4.69, 9.17) is 5.11 Å². The third kappa shape index (κ3) is 5.85. The van der Waals surface area contributed by atoms with Crippen LogP contribution in [0.4, 0.5) is 0 Å². The van der Waals surface area contributed by atoms with Gasteiger partial charge in [-0.15, -0.1) is 0 Å². The summed E-state index contributed by atoms with van der Waals surface area (Å²) < 4.78 is 0. The van der Waals surface area contributed by atoms with Crippen LogP contribution in [-0.4, -0.2) is 98.1 Å². The first kappa shape index (κ1) is 16.9. The van der Waals surface area contributed by atoms with Crippen LogP contribution in [0.15, 0.2) is 0 Å². The van der Waals surface area contributed by atoms with Crippen molar-refractivity contribution in [3.05, 3.63) is 0 Å². The molecule has 2 N–H and O–H groups in total. The molecule has 116 valence electrons. The summed E-state index contributed by atoms with van der Waals surface area (Å²) in [5, 5.41) is 11.5. The van der Waals surface area contributed by atoms with Crippen molar-refractivity contribution in [3.8, 4) is 0 Å². The Balaban J connectivity index is 2.23. The topological polar surface area (TPSA) is 76.1 Å². The molecule has 0 atom stereocenters. The highest BCUT2D eigenvalue weighted by Crippen LogP contribution is 2.01. The molecule has 1 aliphatic heterocycles. The number of aliphatic hydroxyl groups is 1. The van der Waals surface area contributed by atoms with E-state index in [0.717, 1.165) is 13.0 Å². The van der Waals surface area contributed by atoms with E-state index >= 15 is 0 Å². The largest absolute Gasteiger partial charge is 0.395 e. The Labute approximate surface area is 120 Å². The third-order valence-corrected chi connectivity index (χ3v) is 3.34. The molecule has 0 radical (unpaired) electrons. The van der Waals surface area contributed by atoms with Crippen LogP contribution in [0.3, 0.4) is 0 Å². The van der Waals surface area contributed by atoms with Gasteiger partial charge in [0.1, 0.15) is 0 Å². The van der Waals surface area contributed by atoms with E-state index < -0.39 is 11.8 Å². The van der Waals surface area contributed by atoms with Crippen molar-refractivity contribution in [1.82, 2.24) is 20.0 Å². The van der Waals surface area contributed by atoms with Crippen LogP contribution in [0, 0.1) is 0 Å². The summed E-state index contributed by atoms with van der Waals surface area (Å²) in [4.78, 5) is 29.3. The van der Waals surface area contributed by atoms with E-state index in [-0.39, 0.29) is 6.61 Å². The summed E-state index contributed by atoms with van der Waals surface area (Å²) in [6, 6.07) is 0. The molecule has 0 aromatic heterocycles. The number of aliphatic hydroxyl groups excluding tert-OH is 1. The van der Waals surface area contributed by atoms with Crippen LogP contribution < -0.4 is 5.32 Å². The molecule has 1 aliphatic rings. The van der Waals surface area contributed by atoms with Crippen LogP contribution in [0.25, 0.3) is 0 Å². The van der Waals surface area contributed by atoms with Crippen LogP contribution >= 0.6 is 0 Å². The van der Waals surface area contributed by atoms with Gasteiger partial charge in [0.2, 0.25) is 0 Å². The molecule has 0 aromatic rings. The highest BCUT2D eigenvalue weighted by atomic mass is 16.3. The number of carbonyl (C=O) groups is 2. The lowest BCUT2D eigenvalue weighted by molar-refractivity contribution is -0.147. The monoisotopic (exact) mass is 286 g/mol. The maximum Gasteiger partial charge on any atom is 0.311 e. The van der Waals surface area contributed by atoms with Gasteiger partial charge in [-0.25, -0.2) is 0 Å². The van der Waals surface area contributed by atoms with E-state index in [1.807, 2.05) is 19.0 Å². The highest BCUT2D eigenvalue weighted by molar-refractivity contribution is 6.35. The van der Waals surface area contributed by atoms with Crippen LogP contribution in [0.2, 0.25) is 0 Å². The van der Waals surface area contributed by atoms with Gasteiger partial charge >= 0.3 is 11.8 Å². The summed E-state index contributed by atoms with van der Waals surface area (Å²) in [5.74, 6) is -0.960. The predicted octanol–water partition coefficient (Wildman–Crippen LogP) is -1.81. The Morgan fingerprint density at radius 3 is 2.40 bits per heavy atom. The molecule has 0 saturated carbocycles. The van der Waals surface area contributed by atoms with Crippen molar-refractivity contribution in [1.29, 1.82) is 0 Å². The number of β-amino-alcohol motifs (C(OH)–C–C–N with tert-alkyl or cyclic N) is 1. The van der Waals surface area contributed by atoms with Gasteiger partial charge in [-0.05, 0) is 27.1 Å². The van der Waals surface area contributed by atoms with E-state index in [1.165, 1.54) is 0 Å². The highest BCUT2D eigenvalue weighted by Gasteiger charge is 2.25. The Morgan fingerprint density at radius 1 is 1.20 bits per heavy atom. The van der Waals surface area contributed by atoms with Crippen molar-refractivity contribution in [2.45, 2.75) is 6.42 Å². The fourth-order valence-electron chi connectivity index (χ4n) is 2.13. The van der Waals surface area contributed by atoms with Crippen LogP contribution in [0.5, 0.6) is 0 Å². The van der Waals surface area contributed by atoms with Crippen molar-refractivity contribution in [3.63, 3.8) is 0 Å². The molecule has 1 rings (SSSR count). The second kappa shape index (κ2) is 8.89.